The number of carbonyl (C=O) groups excluding carboxylic acids is 1. The highest BCUT2D eigenvalue weighted by Crippen LogP contribution is 2.21. The first-order valence-corrected chi connectivity index (χ1v) is 6.66. The average molecular weight is 319 g/mol. The normalized spacial score (nSPS) is 11.6. The van der Waals surface area contributed by atoms with Gasteiger partial charge in [0.15, 0.2) is 5.78 Å². The Labute approximate surface area is 116 Å². The summed E-state index contributed by atoms with van der Waals surface area (Å²) in [7, 11) is 0. The lowest BCUT2D eigenvalue weighted by Crippen LogP contribution is -2.39. The first-order valence-electron chi connectivity index (χ1n) is 5.48. The van der Waals surface area contributed by atoms with Crippen LogP contribution in [-0.2, 0) is 11.2 Å². The summed E-state index contributed by atoms with van der Waals surface area (Å²) in [5, 5.41) is 3.80. The van der Waals surface area contributed by atoms with Gasteiger partial charge in [-0.15, -0.1) is 0 Å². The van der Waals surface area contributed by atoms with Crippen molar-refractivity contribution in [1.82, 2.24) is 5.32 Å². The molecule has 1 aromatic carbocycles. The molecule has 0 aromatic heterocycles. The monoisotopic (exact) mass is 317 g/mol. The highest BCUT2D eigenvalue weighted by atomic mass is 79.9. The number of hydrogen-bond donors (Lipinski definition) is 1. The summed E-state index contributed by atoms with van der Waals surface area (Å²) in [6.45, 7) is 6.47. The van der Waals surface area contributed by atoms with Crippen LogP contribution < -0.4 is 5.32 Å². The van der Waals surface area contributed by atoms with Gasteiger partial charge in [-0.1, -0.05) is 33.6 Å². The Balaban J connectivity index is 2.57. The van der Waals surface area contributed by atoms with E-state index in [9.17, 15) is 4.79 Å². The molecule has 1 aromatic rings. The molecule has 1 rings (SSSR count). The molecule has 0 heterocycles. The number of Topliss-reactive ketones (excluding diaryl/α,β-unsaturated/α-hetero) is 1. The molecule has 0 saturated carbocycles. The highest BCUT2D eigenvalue weighted by molar-refractivity contribution is 9.10. The Morgan fingerprint density at radius 3 is 2.59 bits per heavy atom. The summed E-state index contributed by atoms with van der Waals surface area (Å²) >= 11 is 9.40. The minimum absolute atomic E-state index is 0.0425. The van der Waals surface area contributed by atoms with Crippen LogP contribution in [0.4, 0.5) is 0 Å². The van der Waals surface area contributed by atoms with Crippen molar-refractivity contribution >= 4 is 33.3 Å². The van der Waals surface area contributed by atoms with Crippen molar-refractivity contribution < 1.29 is 4.79 Å². The molecule has 0 spiro atoms. The molecule has 0 aliphatic carbocycles. The predicted molar refractivity (Wildman–Crippen MR) is 75.6 cm³/mol. The van der Waals surface area contributed by atoms with Crippen LogP contribution in [0.5, 0.6) is 0 Å². The minimum atomic E-state index is -0.0425. The largest absolute Gasteiger partial charge is 0.305 e. The Bertz CT molecular complexity index is 412. The number of nitrogens with one attached hydrogen (secondary N) is 1. The molecular weight excluding hydrogens is 302 g/mol. The van der Waals surface area contributed by atoms with E-state index in [4.69, 9.17) is 11.6 Å². The van der Waals surface area contributed by atoms with Crippen LogP contribution >= 0.6 is 27.5 Å². The molecule has 0 bridgehead atoms. The Morgan fingerprint density at radius 2 is 2.06 bits per heavy atom. The van der Waals surface area contributed by atoms with Crippen LogP contribution in [0.1, 0.15) is 26.3 Å². The number of carbonyl (C=O) groups is 1. The molecule has 4 heteroatoms. The summed E-state index contributed by atoms with van der Waals surface area (Å²) in [5.74, 6) is 0.143. The molecule has 0 aliphatic heterocycles. The first-order chi connectivity index (χ1) is 7.78. The van der Waals surface area contributed by atoms with E-state index < -0.39 is 0 Å². The van der Waals surface area contributed by atoms with Crippen LogP contribution in [0, 0.1) is 0 Å². The van der Waals surface area contributed by atoms with E-state index in [1.54, 1.807) is 6.07 Å². The number of benzene rings is 1. The Kier molecular flexibility index (Phi) is 5.17. The molecule has 0 radical (unpaired) electrons. The summed E-state index contributed by atoms with van der Waals surface area (Å²) in [6, 6.07) is 5.58. The van der Waals surface area contributed by atoms with E-state index in [1.165, 1.54) is 0 Å². The van der Waals surface area contributed by atoms with Crippen molar-refractivity contribution in [2.24, 2.45) is 0 Å². The third-order valence-electron chi connectivity index (χ3n) is 2.22. The fourth-order valence-electron chi connectivity index (χ4n) is 1.30. The summed E-state index contributed by atoms with van der Waals surface area (Å²) in [6.07, 6.45) is 0.370. The lowest BCUT2D eigenvalue weighted by molar-refractivity contribution is -0.117. The van der Waals surface area contributed by atoms with Gasteiger partial charge in [0, 0.05) is 21.5 Å². The van der Waals surface area contributed by atoms with Gasteiger partial charge in [-0.25, -0.2) is 0 Å². The van der Waals surface area contributed by atoms with Gasteiger partial charge in [-0.2, -0.15) is 0 Å². The minimum Gasteiger partial charge on any atom is -0.305 e. The lowest BCUT2D eigenvalue weighted by Gasteiger charge is -2.19. The summed E-state index contributed by atoms with van der Waals surface area (Å²) in [5.41, 5.74) is 0.828. The van der Waals surface area contributed by atoms with Crippen LogP contribution in [0.15, 0.2) is 22.7 Å². The molecule has 0 aliphatic rings. The number of ketones is 1. The molecule has 0 fully saturated rings. The van der Waals surface area contributed by atoms with Gasteiger partial charge in [-0.3, -0.25) is 4.79 Å². The molecule has 1 N–H and O–H groups in total. The topological polar surface area (TPSA) is 29.1 Å². The van der Waals surface area contributed by atoms with E-state index in [0.717, 1.165) is 10.0 Å². The van der Waals surface area contributed by atoms with Crippen molar-refractivity contribution in [1.29, 1.82) is 0 Å². The van der Waals surface area contributed by atoms with Gasteiger partial charge in [0.25, 0.3) is 0 Å². The Morgan fingerprint density at radius 1 is 1.41 bits per heavy atom. The fourth-order valence-corrected chi connectivity index (χ4v) is 2.04. The Hall–Kier alpha value is -0.380. The number of halogens is 2. The highest BCUT2D eigenvalue weighted by Gasteiger charge is 2.12. The van der Waals surface area contributed by atoms with E-state index in [0.29, 0.717) is 18.0 Å². The second kappa shape index (κ2) is 5.98. The van der Waals surface area contributed by atoms with Crippen LogP contribution in [0.3, 0.4) is 0 Å². The quantitative estimate of drug-likeness (QED) is 0.919. The number of hydrogen-bond acceptors (Lipinski definition) is 2. The first kappa shape index (κ1) is 14.7. The van der Waals surface area contributed by atoms with Gasteiger partial charge in [-0.05, 0) is 38.5 Å². The third kappa shape index (κ3) is 5.66. The molecule has 0 atom stereocenters. The maximum atomic E-state index is 11.8. The number of rotatable bonds is 4. The standard InChI is InChI=1S/C13H17BrClNO/c1-13(2,3)16-8-11(17)6-9-4-5-10(14)7-12(9)15/h4-5,7,16H,6,8H2,1-3H3. The molecule has 0 saturated heterocycles. The third-order valence-corrected chi connectivity index (χ3v) is 3.06. The second-order valence-electron chi connectivity index (χ2n) is 5.05. The fraction of sp³-hybridized carbons (Fsp3) is 0.462. The molecule has 2 nitrogen and oxygen atoms in total. The van der Waals surface area contributed by atoms with Gasteiger partial charge in [0.1, 0.15) is 0 Å². The van der Waals surface area contributed by atoms with E-state index in [2.05, 4.69) is 21.2 Å². The second-order valence-corrected chi connectivity index (χ2v) is 6.38. The summed E-state index contributed by atoms with van der Waals surface area (Å²) in [4.78, 5) is 11.8. The van der Waals surface area contributed by atoms with Crippen molar-refractivity contribution in [2.45, 2.75) is 32.7 Å². The smallest absolute Gasteiger partial charge is 0.151 e. The van der Waals surface area contributed by atoms with E-state index in [1.807, 2.05) is 32.9 Å². The summed E-state index contributed by atoms with van der Waals surface area (Å²) < 4.78 is 0.923. The zero-order chi connectivity index (χ0) is 13.1. The van der Waals surface area contributed by atoms with Crippen molar-refractivity contribution in [2.75, 3.05) is 6.54 Å². The van der Waals surface area contributed by atoms with E-state index in [-0.39, 0.29) is 11.3 Å². The van der Waals surface area contributed by atoms with Gasteiger partial charge in [0.2, 0.25) is 0 Å². The zero-order valence-electron chi connectivity index (χ0n) is 10.3. The molecule has 0 unspecified atom stereocenters. The van der Waals surface area contributed by atoms with Crippen molar-refractivity contribution in [3.63, 3.8) is 0 Å². The van der Waals surface area contributed by atoms with Crippen LogP contribution in [0.25, 0.3) is 0 Å². The predicted octanol–water partition coefficient (Wildman–Crippen LogP) is 3.60. The maximum absolute atomic E-state index is 11.8. The lowest BCUT2D eigenvalue weighted by atomic mass is 10.1. The van der Waals surface area contributed by atoms with Gasteiger partial charge in [0.05, 0.1) is 6.54 Å². The molecule has 0 amide bonds. The van der Waals surface area contributed by atoms with Crippen LogP contribution in [-0.4, -0.2) is 17.9 Å². The van der Waals surface area contributed by atoms with Crippen molar-refractivity contribution in [3.8, 4) is 0 Å². The molecule has 94 valence electrons. The van der Waals surface area contributed by atoms with Gasteiger partial charge >= 0.3 is 0 Å². The average Bonchev–Trinajstić information content (AvgIpc) is 2.18. The molecule has 17 heavy (non-hydrogen) atoms. The zero-order valence-corrected chi connectivity index (χ0v) is 12.7. The van der Waals surface area contributed by atoms with Gasteiger partial charge < -0.3 is 5.32 Å². The SMILES string of the molecule is CC(C)(C)NCC(=O)Cc1ccc(Br)cc1Cl. The van der Waals surface area contributed by atoms with E-state index >= 15 is 0 Å². The van der Waals surface area contributed by atoms with Crippen LogP contribution in [0.2, 0.25) is 5.02 Å². The molecular formula is C13H17BrClNO. The maximum Gasteiger partial charge on any atom is 0.151 e. The van der Waals surface area contributed by atoms with Crippen molar-refractivity contribution in [3.05, 3.63) is 33.3 Å².